The predicted molar refractivity (Wildman–Crippen MR) is 68.6 cm³/mol. The molecule has 2 fully saturated rings. The number of rotatable bonds is 5. The average molecular weight is 342 g/mol. The van der Waals surface area contributed by atoms with Gasteiger partial charge in [-0.25, -0.2) is 0 Å². The molecule has 11 heteroatoms. The van der Waals surface area contributed by atoms with Gasteiger partial charge >= 0.3 is 0 Å². The Morgan fingerprint density at radius 2 is 1.43 bits per heavy atom. The Kier molecular flexibility index (Phi) is 5.92. The van der Waals surface area contributed by atoms with Crippen LogP contribution in [0.4, 0.5) is 0 Å². The highest BCUT2D eigenvalue weighted by molar-refractivity contribution is 4.96. The van der Waals surface area contributed by atoms with Crippen LogP contribution in [-0.2, 0) is 14.2 Å². The van der Waals surface area contributed by atoms with E-state index < -0.39 is 74.6 Å². The largest absolute Gasteiger partial charge is 0.394 e. The van der Waals surface area contributed by atoms with Crippen molar-refractivity contribution in [2.24, 2.45) is 0 Å². The summed E-state index contributed by atoms with van der Waals surface area (Å²) in [5, 5.41) is 76.5. The minimum atomic E-state index is -2.37. The summed E-state index contributed by atoms with van der Waals surface area (Å²) in [6, 6.07) is 0. The number of aliphatic hydroxyl groups excluding tert-OH is 7. The Labute approximate surface area is 130 Å². The molecule has 2 rings (SSSR count). The molecule has 0 aliphatic carbocycles. The van der Waals surface area contributed by atoms with E-state index in [1.165, 1.54) is 0 Å². The molecule has 0 aromatic carbocycles. The smallest absolute Gasteiger partial charge is 0.219 e. The van der Waals surface area contributed by atoms with E-state index in [-0.39, 0.29) is 0 Å². The van der Waals surface area contributed by atoms with E-state index in [4.69, 9.17) is 24.4 Å². The highest BCUT2D eigenvalue weighted by Gasteiger charge is 2.54. The third-order valence-electron chi connectivity index (χ3n) is 4.00. The molecule has 0 radical (unpaired) electrons. The summed E-state index contributed by atoms with van der Waals surface area (Å²) >= 11 is 0. The van der Waals surface area contributed by atoms with Crippen LogP contribution < -0.4 is 0 Å². The van der Waals surface area contributed by atoms with Gasteiger partial charge in [-0.2, -0.15) is 0 Å². The topological polar surface area (TPSA) is 190 Å². The van der Waals surface area contributed by atoms with Gasteiger partial charge in [0.25, 0.3) is 0 Å². The van der Waals surface area contributed by atoms with E-state index in [9.17, 15) is 30.6 Å². The van der Waals surface area contributed by atoms with Gasteiger partial charge in [-0.05, 0) is 0 Å². The van der Waals surface area contributed by atoms with E-state index in [1.807, 2.05) is 0 Å². The van der Waals surface area contributed by atoms with Crippen LogP contribution >= 0.6 is 0 Å². The lowest BCUT2D eigenvalue weighted by Gasteiger charge is -2.40. The average Bonchev–Trinajstić information content (AvgIpc) is 2.76. The number of hydrogen-bond donors (Lipinski definition) is 8. The maximum atomic E-state index is 10.1. The summed E-state index contributed by atoms with van der Waals surface area (Å²) < 4.78 is 15.1. The molecule has 0 bridgehead atoms. The third-order valence-corrected chi connectivity index (χ3v) is 4.00. The summed E-state index contributed by atoms with van der Waals surface area (Å²) in [6.07, 6.45) is -12.2. The van der Waals surface area contributed by atoms with Gasteiger partial charge in [0.15, 0.2) is 6.29 Å². The minimum absolute atomic E-state index is 0.652. The van der Waals surface area contributed by atoms with Crippen molar-refractivity contribution >= 4 is 0 Å². The molecule has 2 saturated heterocycles. The highest BCUT2D eigenvalue weighted by Crippen LogP contribution is 2.31. The second-order valence-corrected chi connectivity index (χ2v) is 5.63. The minimum Gasteiger partial charge on any atom is -0.394 e. The molecule has 2 aliphatic rings. The van der Waals surface area contributed by atoms with Crippen LogP contribution in [0.3, 0.4) is 0 Å². The van der Waals surface area contributed by atoms with Crippen LogP contribution in [-0.4, -0.2) is 115 Å². The van der Waals surface area contributed by atoms with Gasteiger partial charge in [0.1, 0.15) is 49.3 Å². The van der Waals surface area contributed by atoms with Crippen molar-refractivity contribution < 1.29 is 55.1 Å². The Morgan fingerprint density at radius 1 is 0.826 bits per heavy atom. The molecule has 8 N–H and O–H groups in total. The summed E-state index contributed by atoms with van der Waals surface area (Å²) in [5.74, 6) is -2.37. The molecule has 0 saturated carbocycles. The fourth-order valence-corrected chi connectivity index (χ4v) is 2.54. The lowest BCUT2D eigenvalue weighted by Crippen LogP contribution is -2.60. The quantitative estimate of drug-likeness (QED) is 0.238. The third kappa shape index (κ3) is 3.50. The van der Waals surface area contributed by atoms with E-state index >= 15 is 0 Å². The van der Waals surface area contributed by atoms with Gasteiger partial charge in [0.2, 0.25) is 5.79 Å². The number of aliphatic hydroxyl groups is 8. The van der Waals surface area contributed by atoms with Crippen molar-refractivity contribution in [2.75, 3.05) is 19.8 Å². The van der Waals surface area contributed by atoms with Gasteiger partial charge < -0.3 is 55.1 Å². The van der Waals surface area contributed by atoms with Gasteiger partial charge in [0, 0.05) is 0 Å². The zero-order valence-corrected chi connectivity index (χ0v) is 12.0. The zero-order valence-electron chi connectivity index (χ0n) is 12.0. The molecule has 23 heavy (non-hydrogen) atoms. The lowest BCUT2D eigenvalue weighted by molar-refractivity contribution is -0.332. The Bertz CT molecular complexity index is 393. The molecule has 11 nitrogen and oxygen atoms in total. The molecule has 0 amide bonds. The molecule has 0 aromatic heterocycles. The van der Waals surface area contributed by atoms with Crippen LogP contribution in [0.5, 0.6) is 0 Å². The van der Waals surface area contributed by atoms with Gasteiger partial charge in [-0.1, -0.05) is 0 Å². The summed E-state index contributed by atoms with van der Waals surface area (Å²) in [4.78, 5) is 0. The molecule has 9 atom stereocenters. The number of ether oxygens (including phenoxy) is 3. The second-order valence-electron chi connectivity index (χ2n) is 5.63. The molecule has 0 unspecified atom stereocenters. The molecule has 2 aliphatic heterocycles. The molecule has 2 heterocycles. The standard InChI is InChI=1S/C12H22O11/c13-1-4-6(15)8(17)9(18)11(22-4)21-3-12(20)10(19)7(16)5(2-14)23-12/h4-11,13-20H,1-3H2/t4-,5-,6-,7-,8+,9-,10+,11-,12+/m1/s1. The first-order valence-corrected chi connectivity index (χ1v) is 7.04. The van der Waals surface area contributed by atoms with Gasteiger partial charge in [-0.15, -0.1) is 0 Å². The summed E-state index contributed by atoms with van der Waals surface area (Å²) in [7, 11) is 0. The van der Waals surface area contributed by atoms with E-state index in [0.717, 1.165) is 0 Å². The second kappa shape index (κ2) is 7.21. The van der Waals surface area contributed by atoms with Crippen LogP contribution in [0, 0.1) is 0 Å². The van der Waals surface area contributed by atoms with Crippen molar-refractivity contribution in [3.8, 4) is 0 Å². The maximum Gasteiger partial charge on any atom is 0.219 e. The normalized spacial score (nSPS) is 51.1. The van der Waals surface area contributed by atoms with Crippen LogP contribution in [0.2, 0.25) is 0 Å². The van der Waals surface area contributed by atoms with E-state index in [0.29, 0.717) is 0 Å². The Hall–Kier alpha value is -0.440. The predicted octanol–water partition coefficient (Wildman–Crippen LogP) is -5.40. The number of hydrogen-bond acceptors (Lipinski definition) is 11. The maximum absolute atomic E-state index is 10.1. The van der Waals surface area contributed by atoms with Crippen molar-refractivity contribution in [3.05, 3.63) is 0 Å². The van der Waals surface area contributed by atoms with Crippen LogP contribution in [0.15, 0.2) is 0 Å². The molecular weight excluding hydrogens is 320 g/mol. The van der Waals surface area contributed by atoms with Crippen molar-refractivity contribution in [1.82, 2.24) is 0 Å². The summed E-state index contributed by atoms with van der Waals surface area (Å²) in [5.41, 5.74) is 0. The van der Waals surface area contributed by atoms with Crippen LogP contribution in [0.1, 0.15) is 0 Å². The van der Waals surface area contributed by atoms with Crippen molar-refractivity contribution in [3.63, 3.8) is 0 Å². The molecule has 0 spiro atoms. The lowest BCUT2D eigenvalue weighted by atomic mass is 9.99. The molecule has 0 aromatic rings. The first-order valence-electron chi connectivity index (χ1n) is 7.04. The molecule has 136 valence electrons. The SMILES string of the molecule is OC[C@H]1O[C@@](O)(CO[C@@H]2O[C@H](CO)[C@@H](O)[C@H](O)[C@H]2O)[C@@H](O)[C@@H]1O. The zero-order chi connectivity index (χ0) is 17.4. The first kappa shape index (κ1) is 18.9. The first-order chi connectivity index (χ1) is 10.7. The van der Waals surface area contributed by atoms with E-state index in [2.05, 4.69) is 0 Å². The Morgan fingerprint density at radius 3 is 1.96 bits per heavy atom. The fraction of sp³-hybridized carbons (Fsp3) is 1.00. The van der Waals surface area contributed by atoms with Gasteiger partial charge in [-0.3, -0.25) is 0 Å². The summed E-state index contributed by atoms with van der Waals surface area (Å²) in [6.45, 7) is -2.08. The highest BCUT2D eigenvalue weighted by atomic mass is 16.7. The van der Waals surface area contributed by atoms with Crippen LogP contribution in [0.25, 0.3) is 0 Å². The Balaban J connectivity index is 1.99. The van der Waals surface area contributed by atoms with Crippen molar-refractivity contribution in [1.29, 1.82) is 0 Å². The molecular formula is C12H22O11. The van der Waals surface area contributed by atoms with E-state index in [1.54, 1.807) is 0 Å². The van der Waals surface area contributed by atoms with Gasteiger partial charge in [0.05, 0.1) is 13.2 Å². The monoisotopic (exact) mass is 342 g/mol. The fourth-order valence-electron chi connectivity index (χ4n) is 2.54. The van der Waals surface area contributed by atoms with Crippen molar-refractivity contribution in [2.45, 2.75) is 54.8 Å².